The van der Waals surface area contributed by atoms with Crippen molar-refractivity contribution < 1.29 is 0 Å². The van der Waals surface area contributed by atoms with E-state index in [9.17, 15) is 0 Å². The summed E-state index contributed by atoms with van der Waals surface area (Å²) in [7, 11) is 0. The summed E-state index contributed by atoms with van der Waals surface area (Å²) in [5.74, 6) is 0. The van der Waals surface area contributed by atoms with Gasteiger partial charge in [-0.25, -0.2) is 0 Å². The van der Waals surface area contributed by atoms with Crippen LogP contribution >= 0.6 is 12.6 Å². The molecule has 0 amide bonds. The lowest BCUT2D eigenvalue weighted by molar-refractivity contribution is 0.682. The first-order valence-electron chi connectivity index (χ1n) is 8.56. The predicted octanol–water partition coefficient (Wildman–Crippen LogP) is 5.68. The van der Waals surface area contributed by atoms with E-state index in [1.807, 2.05) is 13.0 Å². The van der Waals surface area contributed by atoms with Gasteiger partial charge in [0.2, 0.25) is 0 Å². The van der Waals surface area contributed by atoms with Crippen LogP contribution in [0.1, 0.15) is 18.2 Å². The molecule has 0 aliphatic heterocycles. The Morgan fingerprint density at radius 1 is 0.920 bits per heavy atom. The van der Waals surface area contributed by atoms with E-state index in [1.165, 1.54) is 32.9 Å². The molecule has 0 bridgehead atoms. The first kappa shape index (κ1) is 17.6. The third kappa shape index (κ3) is 4.65. The number of H-pyrrole nitrogens is 1. The van der Waals surface area contributed by atoms with Gasteiger partial charge in [0.1, 0.15) is 0 Å². The highest BCUT2D eigenvalue weighted by atomic mass is 32.1. The predicted molar refractivity (Wildman–Crippen MR) is 112 cm³/mol. The van der Waals surface area contributed by atoms with Crippen LogP contribution in [0.2, 0.25) is 0 Å². The first-order chi connectivity index (χ1) is 12.1. The van der Waals surface area contributed by atoms with E-state index in [-0.39, 0.29) is 5.37 Å². The minimum Gasteiger partial charge on any atom is -0.357 e. The second kappa shape index (κ2) is 8.24. The summed E-state index contributed by atoms with van der Waals surface area (Å²) in [6.07, 6.45) is 0. The lowest BCUT2D eigenvalue weighted by Crippen LogP contribution is -2.19. The molecule has 1 unspecified atom stereocenters. The summed E-state index contributed by atoms with van der Waals surface area (Å²) in [6, 6.07) is 25.3. The van der Waals surface area contributed by atoms with Crippen molar-refractivity contribution in [2.75, 3.05) is 0 Å². The molecule has 0 saturated heterocycles. The standard InChI is InChI=1S/C11H14N2S.C11H10/c1-8(14)12-7-10-6-9-4-2-3-5-11(9)13-10;1-9-5-4-7-10-6-2-3-8-11(9)10/h2-6,8,12-14H,7H2,1H3;2-8H,1H3. The van der Waals surface area contributed by atoms with Crippen molar-refractivity contribution in [2.45, 2.75) is 25.8 Å². The van der Waals surface area contributed by atoms with Crippen LogP contribution in [0.5, 0.6) is 0 Å². The van der Waals surface area contributed by atoms with Gasteiger partial charge < -0.3 is 10.3 Å². The summed E-state index contributed by atoms with van der Waals surface area (Å²) in [5, 5.41) is 7.42. The van der Waals surface area contributed by atoms with Crippen LogP contribution in [-0.2, 0) is 6.54 Å². The number of aromatic amines is 1. The van der Waals surface area contributed by atoms with Crippen LogP contribution in [0.15, 0.2) is 72.8 Å². The largest absolute Gasteiger partial charge is 0.357 e. The van der Waals surface area contributed by atoms with Gasteiger partial charge in [0.25, 0.3) is 0 Å². The fourth-order valence-electron chi connectivity index (χ4n) is 2.87. The topological polar surface area (TPSA) is 27.8 Å². The summed E-state index contributed by atoms with van der Waals surface area (Å²) in [4.78, 5) is 3.35. The van der Waals surface area contributed by atoms with Gasteiger partial charge >= 0.3 is 0 Å². The molecule has 1 atom stereocenters. The van der Waals surface area contributed by atoms with E-state index in [0.29, 0.717) is 0 Å². The van der Waals surface area contributed by atoms with Gasteiger partial charge in [-0.15, -0.1) is 0 Å². The zero-order chi connectivity index (χ0) is 17.6. The van der Waals surface area contributed by atoms with Crippen molar-refractivity contribution in [2.24, 2.45) is 0 Å². The molecule has 0 fully saturated rings. The Bertz CT molecular complexity index is 918. The molecular weight excluding hydrogens is 324 g/mol. The fourth-order valence-corrected chi connectivity index (χ4v) is 2.97. The summed E-state index contributed by atoms with van der Waals surface area (Å²) in [6.45, 7) is 4.99. The third-order valence-electron chi connectivity index (χ3n) is 4.18. The molecule has 1 aromatic heterocycles. The minimum absolute atomic E-state index is 0.224. The molecule has 4 aromatic rings. The van der Waals surface area contributed by atoms with E-state index < -0.39 is 0 Å². The van der Waals surface area contributed by atoms with Crippen LogP contribution in [0, 0.1) is 6.92 Å². The molecule has 0 aliphatic carbocycles. The lowest BCUT2D eigenvalue weighted by Gasteiger charge is -2.04. The van der Waals surface area contributed by atoms with Crippen molar-refractivity contribution in [1.29, 1.82) is 0 Å². The number of thiol groups is 1. The zero-order valence-electron chi connectivity index (χ0n) is 14.7. The van der Waals surface area contributed by atoms with Gasteiger partial charge in [-0.2, -0.15) is 12.6 Å². The molecule has 0 aliphatic rings. The zero-order valence-corrected chi connectivity index (χ0v) is 15.6. The molecular formula is C22H24N2S. The van der Waals surface area contributed by atoms with Gasteiger partial charge in [-0.05, 0) is 47.7 Å². The highest BCUT2D eigenvalue weighted by Gasteiger charge is 2.00. The fraction of sp³-hybridized carbons (Fsp3) is 0.182. The Morgan fingerprint density at radius 2 is 1.60 bits per heavy atom. The molecule has 0 spiro atoms. The average molecular weight is 349 g/mol. The van der Waals surface area contributed by atoms with Crippen LogP contribution in [0.4, 0.5) is 0 Å². The van der Waals surface area contributed by atoms with Gasteiger partial charge in [0, 0.05) is 23.1 Å². The lowest BCUT2D eigenvalue weighted by atomic mass is 10.1. The van der Waals surface area contributed by atoms with Crippen molar-refractivity contribution in [3.8, 4) is 0 Å². The normalized spacial score (nSPS) is 12.0. The highest BCUT2D eigenvalue weighted by molar-refractivity contribution is 7.80. The van der Waals surface area contributed by atoms with Crippen molar-refractivity contribution in [3.63, 3.8) is 0 Å². The van der Waals surface area contributed by atoms with E-state index in [2.05, 4.69) is 96.6 Å². The number of benzene rings is 3. The summed E-state index contributed by atoms with van der Waals surface area (Å²) in [5.41, 5.74) is 3.74. The van der Waals surface area contributed by atoms with Crippen molar-refractivity contribution in [3.05, 3.63) is 84.1 Å². The Balaban J connectivity index is 0.000000150. The molecule has 4 rings (SSSR count). The van der Waals surface area contributed by atoms with E-state index in [4.69, 9.17) is 0 Å². The molecule has 1 heterocycles. The van der Waals surface area contributed by atoms with Gasteiger partial charge in [0.05, 0.1) is 0 Å². The number of para-hydroxylation sites is 1. The van der Waals surface area contributed by atoms with Gasteiger partial charge in [-0.1, -0.05) is 60.7 Å². The number of rotatable bonds is 3. The smallest absolute Gasteiger partial charge is 0.0476 e. The van der Waals surface area contributed by atoms with Crippen LogP contribution in [0.25, 0.3) is 21.7 Å². The first-order valence-corrected chi connectivity index (χ1v) is 9.07. The van der Waals surface area contributed by atoms with Crippen LogP contribution in [-0.4, -0.2) is 10.4 Å². The number of nitrogens with one attached hydrogen (secondary N) is 2. The number of hydrogen-bond donors (Lipinski definition) is 3. The van der Waals surface area contributed by atoms with E-state index >= 15 is 0 Å². The Kier molecular flexibility index (Phi) is 5.79. The summed E-state index contributed by atoms with van der Waals surface area (Å²) < 4.78 is 0. The Hall–Kier alpha value is -2.23. The maximum Gasteiger partial charge on any atom is 0.0476 e. The SMILES string of the molecule is CC(S)NCc1cc2ccccc2[nH]1.Cc1cccc2ccccc12. The van der Waals surface area contributed by atoms with Gasteiger partial charge in [-0.3, -0.25) is 0 Å². The maximum atomic E-state index is 4.27. The van der Waals surface area contributed by atoms with Crippen LogP contribution < -0.4 is 5.32 Å². The highest BCUT2D eigenvalue weighted by Crippen LogP contribution is 2.16. The van der Waals surface area contributed by atoms with Gasteiger partial charge in [0.15, 0.2) is 0 Å². The second-order valence-corrected chi connectivity index (χ2v) is 7.01. The monoisotopic (exact) mass is 348 g/mol. The number of aryl methyl sites for hydroxylation is 1. The molecule has 3 heteroatoms. The minimum atomic E-state index is 0.224. The molecule has 3 aromatic carbocycles. The third-order valence-corrected chi connectivity index (χ3v) is 4.36. The quantitative estimate of drug-likeness (QED) is 0.322. The molecule has 2 nitrogen and oxygen atoms in total. The molecule has 0 saturated carbocycles. The maximum absolute atomic E-state index is 4.27. The number of fused-ring (bicyclic) bond motifs is 2. The molecule has 0 radical (unpaired) electrons. The summed E-state index contributed by atoms with van der Waals surface area (Å²) >= 11 is 4.27. The average Bonchev–Trinajstić information content (AvgIpc) is 3.04. The number of hydrogen-bond acceptors (Lipinski definition) is 2. The van der Waals surface area contributed by atoms with Crippen molar-refractivity contribution in [1.82, 2.24) is 10.3 Å². The molecule has 2 N–H and O–H groups in total. The number of aromatic nitrogens is 1. The molecule has 25 heavy (non-hydrogen) atoms. The second-order valence-electron chi connectivity index (χ2n) is 6.23. The molecule has 128 valence electrons. The van der Waals surface area contributed by atoms with Crippen molar-refractivity contribution >= 4 is 34.3 Å². The van der Waals surface area contributed by atoms with E-state index in [0.717, 1.165) is 6.54 Å². The van der Waals surface area contributed by atoms with Crippen LogP contribution in [0.3, 0.4) is 0 Å². The Labute approximate surface area is 154 Å². The van der Waals surface area contributed by atoms with E-state index in [1.54, 1.807) is 0 Å². The Morgan fingerprint density at radius 3 is 2.32 bits per heavy atom.